The van der Waals surface area contributed by atoms with Crippen LogP contribution in [0, 0.1) is 18.3 Å². The number of nitrogens with zero attached hydrogens (tertiary/aromatic N) is 2. The Morgan fingerprint density at radius 1 is 1.36 bits per heavy atom. The van der Waals surface area contributed by atoms with E-state index in [1.165, 1.54) is 0 Å². The Kier molecular flexibility index (Phi) is 5.07. The molecule has 0 aliphatic heterocycles. The summed E-state index contributed by atoms with van der Waals surface area (Å²) < 4.78 is 0. The number of aromatic nitrogens is 2. The summed E-state index contributed by atoms with van der Waals surface area (Å²) in [6.45, 7) is 2.43. The third-order valence-corrected chi connectivity index (χ3v) is 4.55. The van der Waals surface area contributed by atoms with Crippen molar-refractivity contribution in [2.75, 3.05) is 0 Å². The highest BCUT2D eigenvalue weighted by Gasteiger charge is 2.12. The summed E-state index contributed by atoms with van der Waals surface area (Å²) in [5.74, 6) is -0.396. The minimum atomic E-state index is -0.396. The lowest BCUT2D eigenvalue weighted by Gasteiger charge is -2.03. The molecule has 124 valence electrons. The SMILES string of the molecule is Cc1ccc(-c2[nH]ncc2C=C(C#N)C(=O)NCc2cccs2)cc1. The van der Waals surface area contributed by atoms with E-state index < -0.39 is 5.91 Å². The van der Waals surface area contributed by atoms with Crippen molar-refractivity contribution in [1.29, 1.82) is 5.26 Å². The molecule has 0 saturated carbocycles. The number of nitrogens with one attached hydrogen (secondary N) is 2. The van der Waals surface area contributed by atoms with Crippen LogP contribution in [0.3, 0.4) is 0 Å². The van der Waals surface area contributed by atoms with Gasteiger partial charge in [-0.15, -0.1) is 11.3 Å². The molecule has 6 heteroatoms. The fourth-order valence-corrected chi connectivity index (χ4v) is 2.98. The summed E-state index contributed by atoms with van der Waals surface area (Å²) in [6, 6.07) is 13.8. The maximum absolute atomic E-state index is 12.3. The second-order valence-corrected chi connectivity index (χ2v) is 6.53. The van der Waals surface area contributed by atoms with Gasteiger partial charge in [0.15, 0.2) is 0 Å². The van der Waals surface area contributed by atoms with E-state index in [1.807, 2.05) is 54.8 Å². The maximum Gasteiger partial charge on any atom is 0.262 e. The fraction of sp³-hybridized carbons (Fsp3) is 0.105. The van der Waals surface area contributed by atoms with Crippen molar-refractivity contribution in [2.24, 2.45) is 0 Å². The van der Waals surface area contributed by atoms with Crippen LogP contribution in [0.15, 0.2) is 53.5 Å². The van der Waals surface area contributed by atoms with Crippen LogP contribution in [0.5, 0.6) is 0 Å². The van der Waals surface area contributed by atoms with E-state index in [9.17, 15) is 10.1 Å². The highest BCUT2D eigenvalue weighted by atomic mass is 32.1. The molecule has 0 fully saturated rings. The second kappa shape index (κ2) is 7.60. The number of hydrogen-bond acceptors (Lipinski definition) is 4. The van der Waals surface area contributed by atoms with Gasteiger partial charge in [0.1, 0.15) is 11.6 Å². The van der Waals surface area contributed by atoms with Crippen LogP contribution in [0.1, 0.15) is 16.0 Å². The fourth-order valence-electron chi connectivity index (χ4n) is 2.34. The van der Waals surface area contributed by atoms with Crippen molar-refractivity contribution in [3.8, 4) is 17.3 Å². The van der Waals surface area contributed by atoms with E-state index in [1.54, 1.807) is 23.6 Å². The number of thiophene rings is 1. The maximum atomic E-state index is 12.3. The number of hydrogen-bond donors (Lipinski definition) is 2. The topological polar surface area (TPSA) is 81.6 Å². The molecule has 2 N–H and O–H groups in total. The number of rotatable bonds is 5. The lowest BCUT2D eigenvalue weighted by atomic mass is 10.0. The molecule has 0 unspecified atom stereocenters. The molecule has 2 aromatic heterocycles. The molecule has 1 amide bonds. The first-order chi connectivity index (χ1) is 12.2. The summed E-state index contributed by atoms with van der Waals surface area (Å²) in [7, 11) is 0. The average Bonchev–Trinajstić information content (AvgIpc) is 3.30. The number of aromatic amines is 1. The Balaban J connectivity index is 1.81. The van der Waals surface area contributed by atoms with Crippen LogP contribution >= 0.6 is 11.3 Å². The number of carbonyl (C=O) groups is 1. The minimum Gasteiger partial charge on any atom is -0.347 e. The van der Waals surface area contributed by atoms with Crippen LogP contribution in [-0.4, -0.2) is 16.1 Å². The molecule has 0 spiro atoms. The smallest absolute Gasteiger partial charge is 0.262 e. The standard InChI is InChI=1S/C19H16N4OS/c1-13-4-6-14(7-5-13)18-16(11-22-23-18)9-15(10-20)19(24)21-12-17-3-2-8-25-17/h2-9,11H,12H2,1H3,(H,21,24)(H,22,23). The molecule has 1 aromatic carbocycles. The summed E-state index contributed by atoms with van der Waals surface area (Å²) >= 11 is 1.56. The zero-order valence-electron chi connectivity index (χ0n) is 13.6. The van der Waals surface area contributed by atoms with Crippen molar-refractivity contribution in [2.45, 2.75) is 13.5 Å². The van der Waals surface area contributed by atoms with E-state index in [0.29, 0.717) is 12.1 Å². The number of carbonyl (C=O) groups excluding carboxylic acids is 1. The van der Waals surface area contributed by atoms with Crippen molar-refractivity contribution >= 4 is 23.3 Å². The van der Waals surface area contributed by atoms with Gasteiger partial charge in [0.2, 0.25) is 0 Å². The van der Waals surface area contributed by atoms with Crippen LogP contribution in [0.25, 0.3) is 17.3 Å². The number of benzene rings is 1. The lowest BCUT2D eigenvalue weighted by Crippen LogP contribution is -2.23. The molecule has 0 aliphatic carbocycles. The molecule has 5 nitrogen and oxygen atoms in total. The van der Waals surface area contributed by atoms with Crippen LogP contribution in [0.4, 0.5) is 0 Å². The molecule has 0 atom stereocenters. The molecular formula is C19H16N4OS. The average molecular weight is 348 g/mol. The van der Waals surface area contributed by atoms with Gasteiger partial charge in [-0.1, -0.05) is 35.9 Å². The van der Waals surface area contributed by atoms with E-state index in [-0.39, 0.29) is 5.57 Å². The highest BCUT2D eigenvalue weighted by molar-refractivity contribution is 7.09. The third kappa shape index (κ3) is 4.03. The monoisotopic (exact) mass is 348 g/mol. The predicted octanol–water partition coefficient (Wildman–Crippen LogP) is 3.67. The second-order valence-electron chi connectivity index (χ2n) is 5.50. The Morgan fingerprint density at radius 2 is 2.16 bits per heavy atom. The molecule has 0 aliphatic rings. The van der Waals surface area contributed by atoms with Gasteiger partial charge in [0.25, 0.3) is 5.91 Å². The van der Waals surface area contributed by atoms with E-state index in [4.69, 9.17) is 0 Å². The summed E-state index contributed by atoms with van der Waals surface area (Å²) in [5.41, 5.74) is 3.63. The van der Waals surface area contributed by atoms with Crippen LogP contribution in [0.2, 0.25) is 0 Å². The van der Waals surface area contributed by atoms with Gasteiger partial charge >= 0.3 is 0 Å². The van der Waals surface area contributed by atoms with E-state index in [2.05, 4.69) is 15.5 Å². The lowest BCUT2D eigenvalue weighted by molar-refractivity contribution is -0.117. The Labute approximate surface area is 149 Å². The largest absolute Gasteiger partial charge is 0.347 e. The zero-order chi connectivity index (χ0) is 17.6. The van der Waals surface area contributed by atoms with Gasteiger partial charge in [0, 0.05) is 16.0 Å². The van der Waals surface area contributed by atoms with Crippen molar-refractivity contribution in [3.05, 3.63) is 69.6 Å². The third-order valence-electron chi connectivity index (χ3n) is 3.68. The molecule has 2 heterocycles. The van der Waals surface area contributed by atoms with Gasteiger partial charge in [-0.2, -0.15) is 10.4 Å². The molecule has 3 rings (SSSR count). The van der Waals surface area contributed by atoms with Crippen molar-refractivity contribution in [1.82, 2.24) is 15.5 Å². The Morgan fingerprint density at radius 3 is 2.84 bits per heavy atom. The minimum absolute atomic E-state index is 0.0475. The van der Waals surface area contributed by atoms with Gasteiger partial charge in [-0.25, -0.2) is 0 Å². The van der Waals surface area contributed by atoms with Gasteiger partial charge < -0.3 is 5.32 Å². The Bertz CT molecular complexity index is 931. The van der Waals surface area contributed by atoms with Crippen LogP contribution in [-0.2, 0) is 11.3 Å². The normalized spacial score (nSPS) is 11.1. The molecule has 25 heavy (non-hydrogen) atoms. The van der Waals surface area contributed by atoms with Gasteiger partial charge in [-0.3, -0.25) is 9.89 Å². The number of amides is 1. The molecular weight excluding hydrogens is 332 g/mol. The highest BCUT2D eigenvalue weighted by Crippen LogP contribution is 2.23. The quantitative estimate of drug-likeness (QED) is 0.545. The molecule has 0 bridgehead atoms. The van der Waals surface area contributed by atoms with E-state index in [0.717, 1.165) is 21.7 Å². The summed E-state index contributed by atoms with van der Waals surface area (Å²) in [5, 5.41) is 21.0. The summed E-state index contributed by atoms with van der Waals surface area (Å²) in [6.07, 6.45) is 3.17. The number of aryl methyl sites for hydroxylation is 1. The predicted molar refractivity (Wildman–Crippen MR) is 98.5 cm³/mol. The van der Waals surface area contributed by atoms with E-state index >= 15 is 0 Å². The Hall–Kier alpha value is -3.17. The molecule has 0 saturated heterocycles. The van der Waals surface area contributed by atoms with Gasteiger partial charge in [-0.05, 0) is 24.4 Å². The van der Waals surface area contributed by atoms with Crippen molar-refractivity contribution in [3.63, 3.8) is 0 Å². The first-order valence-electron chi connectivity index (χ1n) is 7.70. The summed E-state index contributed by atoms with van der Waals surface area (Å²) in [4.78, 5) is 13.3. The molecule has 3 aromatic rings. The van der Waals surface area contributed by atoms with Crippen LogP contribution < -0.4 is 5.32 Å². The first kappa shape index (κ1) is 16.7. The van der Waals surface area contributed by atoms with Gasteiger partial charge in [0.05, 0.1) is 18.4 Å². The molecule has 0 radical (unpaired) electrons. The first-order valence-corrected chi connectivity index (χ1v) is 8.58. The number of nitriles is 1. The van der Waals surface area contributed by atoms with Crippen molar-refractivity contribution < 1.29 is 4.79 Å². The number of H-pyrrole nitrogens is 1. The zero-order valence-corrected chi connectivity index (χ0v) is 14.4.